The van der Waals surface area contributed by atoms with Crippen molar-refractivity contribution in [2.24, 2.45) is 5.73 Å². The lowest BCUT2D eigenvalue weighted by Crippen LogP contribution is -2.44. The maximum Gasteiger partial charge on any atom is 0.269 e. The summed E-state index contributed by atoms with van der Waals surface area (Å²) in [6, 6.07) is 1.61. The highest BCUT2D eigenvalue weighted by molar-refractivity contribution is 7.89. The van der Waals surface area contributed by atoms with E-state index >= 15 is 0 Å². The lowest BCUT2D eigenvalue weighted by atomic mass is 9.77. The van der Waals surface area contributed by atoms with Crippen molar-refractivity contribution >= 4 is 33.8 Å². The van der Waals surface area contributed by atoms with Crippen molar-refractivity contribution in [1.29, 1.82) is 0 Å². The molecule has 2 N–H and O–H groups in total. The second kappa shape index (κ2) is 6.38. The zero-order chi connectivity index (χ0) is 16.1. The first-order chi connectivity index (χ1) is 11.0. The van der Waals surface area contributed by atoms with Gasteiger partial charge in [-0.05, 0) is 43.6 Å². The second-order valence-electron chi connectivity index (χ2n) is 6.16. The van der Waals surface area contributed by atoms with Crippen LogP contribution in [0.1, 0.15) is 37.9 Å². The summed E-state index contributed by atoms with van der Waals surface area (Å²) in [5.41, 5.74) is 5.69. The van der Waals surface area contributed by atoms with Crippen LogP contribution in [-0.2, 0) is 15.6 Å². The predicted octanol–water partition coefficient (Wildman–Crippen LogP) is 2.34. The van der Waals surface area contributed by atoms with Crippen molar-refractivity contribution in [1.82, 2.24) is 14.4 Å². The van der Waals surface area contributed by atoms with Gasteiger partial charge in [-0.15, -0.1) is 23.7 Å². The van der Waals surface area contributed by atoms with Crippen molar-refractivity contribution < 1.29 is 12.9 Å². The monoisotopic (exact) mass is 390 g/mol. The Balaban J connectivity index is 0.00000169. The number of aromatic nitrogens is 2. The third-order valence-electron chi connectivity index (χ3n) is 4.62. The van der Waals surface area contributed by atoms with E-state index in [-0.39, 0.29) is 23.2 Å². The molecule has 7 nitrogen and oxygen atoms in total. The molecule has 2 aliphatic rings. The summed E-state index contributed by atoms with van der Waals surface area (Å²) in [5, 5.41) is 5.71. The van der Waals surface area contributed by atoms with E-state index in [2.05, 4.69) is 10.1 Å². The summed E-state index contributed by atoms with van der Waals surface area (Å²) in [7, 11) is -3.51. The van der Waals surface area contributed by atoms with E-state index in [0.29, 0.717) is 23.8 Å². The van der Waals surface area contributed by atoms with Crippen LogP contribution in [-0.4, -0.2) is 36.0 Å². The minimum absolute atomic E-state index is 0. The number of hydrogen-bond acceptors (Lipinski definition) is 7. The number of halogens is 1. The molecule has 0 aromatic carbocycles. The van der Waals surface area contributed by atoms with Crippen LogP contribution in [0.2, 0.25) is 0 Å². The Morgan fingerprint density at radius 3 is 2.58 bits per heavy atom. The van der Waals surface area contributed by atoms with Gasteiger partial charge in [-0.25, -0.2) is 8.42 Å². The number of hydrogen-bond donors (Lipinski definition) is 1. The molecular weight excluding hydrogens is 372 g/mol. The number of sulfonamides is 1. The minimum atomic E-state index is -3.51. The fourth-order valence-corrected chi connectivity index (χ4v) is 5.86. The molecule has 2 aromatic heterocycles. The van der Waals surface area contributed by atoms with Crippen LogP contribution >= 0.6 is 23.7 Å². The zero-order valence-electron chi connectivity index (χ0n) is 13.0. The van der Waals surface area contributed by atoms with E-state index < -0.39 is 15.6 Å². The molecule has 24 heavy (non-hydrogen) atoms. The lowest BCUT2D eigenvalue weighted by molar-refractivity contribution is 0.229. The molecule has 1 aliphatic heterocycles. The van der Waals surface area contributed by atoms with Crippen LogP contribution in [0, 0.1) is 0 Å². The minimum Gasteiger partial charge on any atom is -0.333 e. The largest absolute Gasteiger partial charge is 0.333 e. The maximum absolute atomic E-state index is 12.8. The number of thiophene rings is 1. The van der Waals surface area contributed by atoms with E-state index in [9.17, 15) is 8.42 Å². The molecule has 0 unspecified atom stereocenters. The Morgan fingerprint density at radius 1 is 1.25 bits per heavy atom. The fourth-order valence-electron chi connectivity index (χ4n) is 3.02. The SMILES string of the molecule is Cl.NC1(c2noc(-c3sccc3S(=O)(=O)N3CCCC3)n2)CCC1. The van der Waals surface area contributed by atoms with E-state index in [0.717, 1.165) is 32.1 Å². The van der Waals surface area contributed by atoms with Gasteiger partial charge in [0.15, 0.2) is 5.82 Å². The summed E-state index contributed by atoms with van der Waals surface area (Å²) >= 11 is 1.29. The topological polar surface area (TPSA) is 102 Å². The Morgan fingerprint density at radius 2 is 1.96 bits per heavy atom. The van der Waals surface area contributed by atoms with Crippen molar-refractivity contribution in [2.45, 2.75) is 42.5 Å². The fraction of sp³-hybridized carbons (Fsp3) is 0.571. The average Bonchev–Trinajstić information content (AvgIpc) is 3.23. The van der Waals surface area contributed by atoms with Crippen LogP contribution < -0.4 is 5.73 Å². The number of nitrogens with two attached hydrogens (primary N) is 1. The van der Waals surface area contributed by atoms with Crippen molar-refractivity contribution in [3.05, 3.63) is 17.3 Å². The molecular formula is C14H19ClN4O3S2. The first-order valence-electron chi connectivity index (χ1n) is 7.72. The van der Waals surface area contributed by atoms with Crippen molar-refractivity contribution in [3.63, 3.8) is 0 Å². The molecule has 3 heterocycles. The van der Waals surface area contributed by atoms with Gasteiger partial charge >= 0.3 is 0 Å². The highest BCUT2D eigenvalue weighted by Crippen LogP contribution is 2.39. The van der Waals surface area contributed by atoms with Crippen LogP contribution in [0.5, 0.6) is 0 Å². The van der Waals surface area contributed by atoms with Gasteiger partial charge in [0.05, 0.1) is 5.54 Å². The molecule has 0 amide bonds. The molecule has 0 bridgehead atoms. The van der Waals surface area contributed by atoms with E-state index in [4.69, 9.17) is 10.3 Å². The molecule has 4 rings (SSSR count). The van der Waals surface area contributed by atoms with Gasteiger partial charge in [0, 0.05) is 13.1 Å². The molecule has 2 fully saturated rings. The maximum atomic E-state index is 12.8. The smallest absolute Gasteiger partial charge is 0.269 e. The number of rotatable bonds is 4. The van der Waals surface area contributed by atoms with Crippen LogP contribution in [0.15, 0.2) is 20.9 Å². The first-order valence-corrected chi connectivity index (χ1v) is 10.0. The quantitative estimate of drug-likeness (QED) is 0.859. The van der Waals surface area contributed by atoms with Crippen LogP contribution in [0.25, 0.3) is 10.8 Å². The Labute approximate surface area is 150 Å². The third-order valence-corrected chi connectivity index (χ3v) is 7.60. The molecule has 2 aromatic rings. The van der Waals surface area contributed by atoms with Gasteiger partial charge < -0.3 is 10.3 Å². The second-order valence-corrected chi connectivity index (χ2v) is 8.98. The standard InChI is InChI=1S/C14H18N4O3S2.ClH/c15-14(5-3-6-14)13-16-12(21-17-13)11-10(4-9-22-11)23(19,20)18-7-1-2-8-18;/h4,9H,1-3,5-8,15H2;1H. The zero-order valence-corrected chi connectivity index (χ0v) is 15.4. The van der Waals surface area contributed by atoms with Gasteiger partial charge in [-0.1, -0.05) is 5.16 Å². The van der Waals surface area contributed by atoms with Gasteiger partial charge in [-0.2, -0.15) is 9.29 Å². The van der Waals surface area contributed by atoms with E-state index in [1.807, 2.05) is 0 Å². The Bertz CT molecular complexity index is 823. The first kappa shape index (κ1) is 17.8. The number of nitrogens with zero attached hydrogens (tertiary/aromatic N) is 3. The molecule has 132 valence electrons. The van der Waals surface area contributed by atoms with Crippen molar-refractivity contribution in [2.75, 3.05) is 13.1 Å². The molecule has 10 heteroatoms. The Hall–Kier alpha value is -1.00. The van der Waals surface area contributed by atoms with Gasteiger partial charge in [0.2, 0.25) is 10.0 Å². The van der Waals surface area contributed by atoms with Gasteiger partial charge in [0.25, 0.3) is 5.89 Å². The average molecular weight is 391 g/mol. The van der Waals surface area contributed by atoms with Gasteiger partial charge in [-0.3, -0.25) is 0 Å². The summed E-state index contributed by atoms with van der Waals surface area (Å²) in [6.45, 7) is 1.14. The molecule has 0 atom stereocenters. The third kappa shape index (κ3) is 2.78. The van der Waals surface area contributed by atoms with Crippen molar-refractivity contribution in [3.8, 4) is 10.8 Å². The highest BCUT2D eigenvalue weighted by atomic mass is 35.5. The lowest BCUT2D eigenvalue weighted by Gasteiger charge is -2.34. The summed E-state index contributed by atoms with van der Waals surface area (Å²) in [6.07, 6.45) is 4.51. The van der Waals surface area contributed by atoms with Crippen LogP contribution in [0.3, 0.4) is 0 Å². The Kier molecular flexibility index (Phi) is 4.73. The molecule has 1 saturated carbocycles. The molecule has 0 radical (unpaired) electrons. The molecule has 1 saturated heterocycles. The van der Waals surface area contributed by atoms with E-state index in [1.54, 1.807) is 11.4 Å². The summed E-state index contributed by atoms with van der Waals surface area (Å²) < 4.78 is 32.4. The normalized spacial score (nSPS) is 20.5. The highest BCUT2D eigenvalue weighted by Gasteiger charge is 2.40. The van der Waals surface area contributed by atoms with Crippen LogP contribution in [0.4, 0.5) is 0 Å². The van der Waals surface area contributed by atoms with E-state index in [1.165, 1.54) is 15.6 Å². The molecule has 0 spiro atoms. The summed E-state index contributed by atoms with van der Waals surface area (Å²) in [5.74, 6) is 0.709. The molecule has 1 aliphatic carbocycles. The predicted molar refractivity (Wildman–Crippen MR) is 92.6 cm³/mol. The van der Waals surface area contributed by atoms with Gasteiger partial charge in [0.1, 0.15) is 9.77 Å². The summed E-state index contributed by atoms with van der Waals surface area (Å²) in [4.78, 5) is 5.12.